The number of carbonyl (C=O) groups is 1. The average molecular weight is 341 g/mol. The summed E-state index contributed by atoms with van der Waals surface area (Å²) in [5.74, 6) is 0. The van der Waals surface area contributed by atoms with Gasteiger partial charge >= 0.3 is 6.16 Å². The average Bonchev–Trinajstić information content (AvgIpc) is 2.56. The molecular weight excluding hydrogens is 300 g/mol. The van der Waals surface area contributed by atoms with E-state index < -0.39 is 6.16 Å². The molecule has 0 aromatic carbocycles. The topological polar surface area (TPSA) is 35.5 Å². The first kappa shape index (κ1) is 23.0. The summed E-state index contributed by atoms with van der Waals surface area (Å²) < 4.78 is 10.3. The highest BCUT2D eigenvalue weighted by atomic mass is 16.7. The first-order valence-corrected chi connectivity index (χ1v) is 10.2. The molecule has 0 rings (SSSR count). The maximum Gasteiger partial charge on any atom is 0.508 e. The van der Waals surface area contributed by atoms with Crippen LogP contribution in [0.1, 0.15) is 104 Å². The third-order valence-corrected chi connectivity index (χ3v) is 4.20. The van der Waals surface area contributed by atoms with Crippen LogP contribution in [-0.4, -0.2) is 18.9 Å². The fourth-order valence-electron chi connectivity index (χ4n) is 2.73. The Hall–Kier alpha value is -0.990. The van der Waals surface area contributed by atoms with Crippen molar-refractivity contribution in [3.05, 3.63) is 12.2 Å². The Morgan fingerprint density at radius 1 is 0.792 bits per heavy atom. The molecule has 0 aliphatic heterocycles. The SMILES string of the molecule is CCCCCCCCC=CCCC(CCCCC)OC(=O)OCC. The fourth-order valence-corrected chi connectivity index (χ4v) is 2.73. The lowest BCUT2D eigenvalue weighted by molar-refractivity contribution is 0.0201. The molecule has 3 heteroatoms. The van der Waals surface area contributed by atoms with Crippen LogP contribution in [0.3, 0.4) is 0 Å². The van der Waals surface area contributed by atoms with Gasteiger partial charge in [0.1, 0.15) is 6.10 Å². The van der Waals surface area contributed by atoms with Crippen LogP contribution in [0.25, 0.3) is 0 Å². The summed E-state index contributed by atoms with van der Waals surface area (Å²) in [6.07, 6.45) is 19.6. The summed E-state index contributed by atoms with van der Waals surface area (Å²) in [5, 5.41) is 0. The molecule has 1 atom stereocenters. The molecule has 0 saturated carbocycles. The molecule has 0 aliphatic rings. The Kier molecular flexibility index (Phi) is 17.6. The molecule has 0 bridgehead atoms. The van der Waals surface area contributed by atoms with Gasteiger partial charge in [-0.2, -0.15) is 0 Å². The highest BCUT2D eigenvalue weighted by Gasteiger charge is 2.14. The summed E-state index contributed by atoms with van der Waals surface area (Å²) in [6.45, 7) is 6.62. The van der Waals surface area contributed by atoms with Gasteiger partial charge in [0.25, 0.3) is 0 Å². The van der Waals surface area contributed by atoms with Crippen molar-refractivity contribution in [2.45, 2.75) is 110 Å². The fraction of sp³-hybridized carbons (Fsp3) is 0.857. The van der Waals surface area contributed by atoms with Crippen LogP contribution in [0.15, 0.2) is 12.2 Å². The van der Waals surface area contributed by atoms with E-state index in [0.717, 1.165) is 25.7 Å². The Morgan fingerprint density at radius 2 is 1.42 bits per heavy atom. The number of rotatable bonds is 16. The minimum absolute atomic E-state index is 0.00528. The molecule has 0 saturated heterocycles. The number of carbonyl (C=O) groups excluding carboxylic acids is 1. The van der Waals surface area contributed by atoms with Gasteiger partial charge in [-0.25, -0.2) is 4.79 Å². The molecule has 0 fully saturated rings. The van der Waals surface area contributed by atoms with Crippen LogP contribution in [0, 0.1) is 0 Å². The van der Waals surface area contributed by atoms with Gasteiger partial charge in [-0.05, 0) is 45.4 Å². The Balaban J connectivity index is 3.81. The molecule has 1 unspecified atom stereocenters. The predicted octanol–water partition coefficient (Wildman–Crippen LogP) is 7.20. The normalized spacial score (nSPS) is 12.5. The molecule has 0 amide bonds. The van der Waals surface area contributed by atoms with E-state index in [9.17, 15) is 4.79 Å². The maximum atomic E-state index is 11.5. The molecule has 0 spiro atoms. The zero-order chi connectivity index (χ0) is 17.9. The molecule has 0 aromatic rings. The molecular formula is C21H40O3. The minimum Gasteiger partial charge on any atom is -0.435 e. The molecule has 0 aromatic heterocycles. The molecule has 0 heterocycles. The molecule has 0 N–H and O–H groups in total. The second kappa shape index (κ2) is 18.4. The van der Waals surface area contributed by atoms with E-state index in [1.165, 1.54) is 57.8 Å². The van der Waals surface area contributed by atoms with E-state index in [0.29, 0.717) is 6.61 Å². The number of allylic oxidation sites excluding steroid dienone is 2. The van der Waals surface area contributed by atoms with Crippen LogP contribution in [-0.2, 0) is 9.47 Å². The summed E-state index contributed by atoms with van der Waals surface area (Å²) >= 11 is 0. The summed E-state index contributed by atoms with van der Waals surface area (Å²) in [5.41, 5.74) is 0. The Morgan fingerprint density at radius 3 is 2.12 bits per heavy atom. The van der Waals surface area contributed by atoms with Crippen LogP contribution < -0.4 is 0 Å². The van der Waals surface area contributed by atoms with E-state index in [1.807, 2.05) is 0 Å². The van der Waals surface area contributed by atoms with E-state index in [1.54, 1.807) is 6.92 Å². The summed E-state index contributed by atoms with van der Waals surface area (Å²) in [7, 11) is 0. The zero-order valence-electron chi connectivity index (χ0n) is 16.4. The molecule has 24 heavy (non-hydrogen) atoms. The molecule has 0 aliphatic carbocycles. The Labute approximate surface area is 150 Å². The predicted molar refractivity (Wildman–Crippen MR) is 102 cm³/mol. The third-order valence-electron chi connectivity index (χ3n) is 4.20. The Bertz CT molecular complexity index is 299. The van der Waals surface area contributed by atoms with Gasteiger partial charge in [-0.1, -0.05) is 70.9 Å². The molecule has 3 nitrogen and oxygen atoms in total. The van der Waals surface area contributed by atoms with Crippen LogP contribution in [0.4, 0.5) is 4.79 Å². The van der Waals surface area contributed by atoms with E-state index >= 15 is 0 Å². The lowest BCUT2D eigenvalue weighted by Gasteiger charge is -2.16. The van der Waals surface area contributed by atoms with Crippen molar-refractivity contribution in [1.29, 1.82) is 0 Å². The van der Waals surface area contributed by atoms with Crippen LogP contribution in [0.2, 0.25) is 0 Å². The zero-order valence-corrected chi connectivity index (χ0v) is 16.4. The number of hydrogen-bond acceptors (Lipinski definition) is 3. The van der Waals surface area contributed by atoms with Crippen molar-refractivity contribution in [2.75, 3.05) is 6.61 Å². The van der Waals surface area contributed by atoms with Crippen molar-refractivity contribution in [2.24, 2.45) is 0 Å². The van der Waals surface area contributed by atoms with Crippen molar-refractivity contribution in [3.63, 3.8) is 0 Å². The van der Waals surface area contributed by atoms with Gasteiger partial charge in [-0.3, -0.25) is 0 Å². The van der Waals surface area contributed by atoms with Crippen molar-refractivity contribution < 1.29 is 14.3 Å². The largest absolute Gasteiger partial charge is 0.508 e. The second-order valence-electron chi connectivity index (χ2n) is 6.52. The van der Waals surface area contributed by atoms with Gasteiger partial charge in [0.05, 0.1) is 6.61 Å². The second-order valence-corrected chi connectivity index (χ2v) is 6.52. The van der Waals surface area contributed by atoms with Gasteiger partial charge in [-0.15, -0.1) is 0 Å². The van der Waals surface area contributed by atoms with Gasteiger partial charge in [0, 0.05) is 0 Å². The van der Waals surface area contributed by atoms with E-state index in [-0.39, 0.29) is 6.10 Å². The monoisotopic (exact) mass is 340 g/mol. The number of hydrogen-bond donors (Lipinski definition) is 0. The summed E-state index contributed by atoms with van der Waals surface area (Å²) in [4.78, 5) is 11.5. The highest BCUT2D eigenvalue weighted by molar-refractivity contribution is 5.60. The van der Waals surface area contributed by atoms with Gasteiger partial charge in [0.15, 0.2) is 0 Å². The smallest absolute Gasteiger partial charge is 0.435 e. The number of unbranched alkanes of at least 4 members (excludes halogenated alkanes) is 8. The quantitative estimate of drug-likeness (QED) is 0.169. The first-order chi connectivity index (χ1) is 11.7. The third kappa shape index (κ3) is 15.9. The molecule has 142 valence electrons. The highest BCUT2D eigenvalue weighted by Crippen LogP contribution is 2.14. The van der Waals surface area contributed by atoms with Crippen LogP contribution >= 0.6 is 0 Å². The maximum absolute atomic E-state index is 11.5. The number of ether oxygens (including phenoxy) is 2. The van der Waals surface area contributed by atoms with E-state index in [2.05, 4.69) is 26.0 Å². The van der Waals surface area contributed by atoms with Crippen molar-refractivity contribution >= 4 is 6.16 Å². The first-order valence-electron chi connectivity index (χ1n) is 10.2. The minimum atomic E-state index is -0.518. The standard InChI is InChI=1S/C21H40O3/c1-4-7-9-10-11-12-13-14-15-17-19-20(18-16-8-5-2)24-21(22)23-6-3/h14-15,20H,4-13,16-19H2,1-3H3. The van der Waals surface area contributed by atoms with Gasteiger partial charge < -0.3 is 9.47 Å². The van der Waals surface area contributed by atoms with Crippen LogP contribution in [0.5, 0.6) is 0 Å². The molecule has 0 radical (unpaired) electrons. The van der Waals surface area contributed by atoms with E-state index in [4.69, 9.17) is 9.47 Å². The van der Waals surface area contributed by atoms with Gasteiger partial charge in [0.2, 0.25) is 0 Å². The van der Waals surface area contributed by atoms with Crippen molar-refractivity contribution in [3.8, 4) is 0 Å². The lowest BCUT2D eigenvalue weighted by Crippen LogP contribution is -2.19. The summed E-state index contributed by atoms with van der Waals surface area (Å²) in [6, 6.07) is 0. The lowest BCUT2D eigenvalue weighted by atomic mass is 10.1. The van der Waals surface area contributed by atoms with Crippen molar-refractivity contribution in [1.82, 2.24) is 0 Å².